The highest BCUT2D eigenvalue weighted by Gasteiger charge is 2.33. The van der Waals surface area contributed by atoms with Crippen molar-refractivity contribution >= 4 is 23.2 Å². The van der Waals surface area contributed by atoms with Crippen LogP contribution >= 0.6 is 0 Å². The van der Waals surface area contributed by atoms with Gasteiger partial charge in [-0.3, -0.25) is 14.9 Å². The number of alkyl halides is 3. The van der Waals surface area contributed by atoms with Crippen LogP contribution in [-0.2, 0) is 11.0 Å². The first kappa shape index (κ1) is 22.2. The second-order valence-electron chi connectivity index (χ2n) is 7.07. The molecule has 1 aliphatic heterocycles. The van der Waals surface area contributed by atoms with Crippen molar-refractivity contribution < 1.29 is 22.9 Å². The van der Waals surface area contributed by atoms with Crippen LogP contribution < -0.4 is 15.5 Å². The standard InChI is InChI=1S/C19H21F3N6O3/c20-19(21,22)13-4-5-15(16(11-13)28(30)31)23-9-6-17(29)26-14-3-1-10-27(12-14)18-24-7-2-8-25-18/h2,4-5,7-8,11,14,23H,1,3,6,9-10,12H2,(H,26,29). The van der Waals surface area contributed by atoms with E-state index in [2.05, 4.69) is 20.6 Å². The quantitative estimate of drug-likeness (QED) is 0.505. The van der Waals surface area contributed by atoms with Crippen molar-refractivity contribution in [3.05, 3.63) is 52.3 Å². The molecule has 12 heteroatoms. The summed E-state index contributed by atoms with van der Waals surface area (Å²) in [5.74, 6) is 0.334. The Kier molecular flexibility index (Phi) is 6.88. The van der Waals surface area contributed by atoms with Gasteiger partial charge in [0.15, 0.2) is 0 Å². The summed E-state index contributed by atoms with van der Waals surface area (Å²) in [6.07, 6.45) is 0.289. The second kappa shape index (κ2) is 9.58. The highest BCUT2D eigenvalue weighted by atomic mass is 19.4. The average Bonchev–Trinajstić information content (AvgIpc) is 2.74. The van der Waals surface area contributed by atoms with Crippen molar-refractivity contribution in [2.45, 2.75) is 31.5 Å². The molecule has 2 heterocycles. The molecule has 1 saturated heterocycles. The van der Waals surface area contributed by atoms with Gasteiger partial charge in [-0.15, -0.1) is 0 Å². The lowest BCUT2D eigenvalue weighted by atomic mass is 10.1. The zero-order valence-electron chi connectivity index (χ0n) is 16.4. The van der Waals surface area contributed by atoms with Crippen molar-refractivity contribution in [3.63, 3.8) is 0 Å². The molecule has 0 saturated carbocycles. The van der Waals surface area contributed by atoms with E-state index in [0.29, 0.717) is 18.6 Å². The number of nitrogens with zero attached hydrogens (tertiary/aromatic N) is 4. The van der Waals surface area contributed by atoms with Gasteiger partial charge in [-0.2, -0.15) is 13.2 Å². The fourth-order valence-corrected chi connectivity index (χ4v) is 3.35. The predicted molar refractivity (Wildman–Crippen MR) is 107 cm³/mol. The van der Waals surface area contributed by atoms with Crippen LogP contribution in [0.5, 0.6) is 0 Å². The van der Waals surface area contributed by atoms with E-state index in [-0.39, 0.29) is 30.6 Å². The first-order chi connectivity index (χ1) is 14.7. The normalized spacial score (nSPS) is 16.6. The van der Waals surface area contributed by atoms with Gasteiger partial charge in [0, 0.05) is 50.6 Å². The number of aromatic nitrogens is 2. The number of hydrogen-bond acceptors (Lipinski definition) is 7. The van der Waals surface area contributed by atoms with Gasteiger partial charge in [-0.05, 0) is 31.0 Å². The Hall–Kier alpha value is -3.44. The van der Waals surface area contributed by atoms with E-state index in [1.807, 2.05) is 4.90 Å². The van der Waals surface area contributed by atoms with Gasteiger partial charge in [0.1, 0.15) is 5.69 Å². The van der Waals surface area contributed by atoms with Crippen molar-refractivity contribution in [1.82, 2.24) is 15.3 Å². The molecular formula is C19H21F3N6O3. The molecule has 0 aliphatic carbocycles. The number of hydrogen-bond donors (Lipinski definition) is 2. The number of halogens is 3. The average molecular weight is 438 g/mol. The van der Waals surface area contributed by atoms with Gasteiger partial charge < -0.3 is 15.5 Å². The summed E-state index contributed by atoms with van der Waals surface area (Å²) in [6, 6.07) is 3.87. The van der Waals surface area contributed by atoms with Gasteiger partial charge in [-0.25, -0.2) is 9.97 Å². The van der Waals surface area contributed by atoms with Gasteiger partial charge in [0.05, 0.1) is 10.5 Å². The minimum Gasteiger partial charge on any atom is -0.379 e. The number of nitro groups is 1. The molecule has 31 heavy (non-hydrogen) atoms. The largest absolute Gasteiger partial charge is 0.416 e. The number of carbonyl (C=O) groups excluding carboxylic acids is 1. The van der Waals surface area contributed by atoms with Crippen LogP contribution in [-0.4, -0.2) is 46.5 Å². The predicted octanol–water partition coefficient (Wildman–Crippen LogP) is 2.99. The lowest BCUT2D eigenvalue weighted by Gasteiger charge is -2.33. The summed E-state index contributed by atoms with van der Waals surface area (Å²) in [4.78, 5) is 32.9. The molecule has 1 amide bonds. The molecule has 0 spiro atoms. The maximum atomic E-state index is 12.8. The van der Waals surface area contributed by atoms with Crippen LogP contribution in [0.15, 0.2) is 36.7 Å². The number of piperidine rings is 1. The number of rotatable bonds is 7. The Morgan fingerprint density at radius 2 is 2.03 bits per heavy atom. The summed E-state index contributed by atoms with van der Waals surface area (Å²) in [5.41, 5.74) is -1.87. The van der Waals surface area contributed by atoms with E-state index in [0.717, 1.165) is 31.5 Å². The first-order valence-electron chi connectivity index (χ1n) is 9.65. The van der Waals surface area contributed by atoms with Crippen LogP contribution in [0.1, 0.15) is 24.8 Å². The van der Waals surface area contributed by atoms with Crippen LogP contribution in [0.2, 0.25) is 0 Å². The smallest absolute Gasteiger partial charge is 0.379 e. The molecule has 1 aliphatic rings. The molecule has 1 atom stereocenters. The first-order valence-corrected chi connectivity index (χ1v) is 9.65. The summed E-state index contributed by atoms with van der Waals surface area (Å²) in [6.45, 7) is 1.39. The minimum absolute atomic E-state index is 0.0104. The Labute approximate surface area is 175 Å². The fourth-order valence-electron chi connectivity index (χ4n) is 3.35. The molecule has 2 N–H and O–H groups in total. The second-order valence-corrected chi connectivity index (χ2v) is 7.07. The molecule has 2 aromatic rings. The number of nitro benzene ring substituents is 1. The van der Waals surface area contributed by atoms with Crippen LogP contribution in [0.4, 0.5) is 30.5 Å². The van der Waals surface area contributed by atoms with Crippen molar-refractivity contribution in [2.75, 3.05) is 29.9 Å². The Morgan fingerprint density at radius 3 is 2.71 bits per heavy atom. The summed E-state index contributed by atoms with van der Waals surface area (Å²) in [7, 11) is 0. The lowest BCUT2D eigenvalue weighted by Crippen LogP contribution is -2.48. The van der Waals surface area contributed by atoms with E-state index in [4.69, 9.17) is 0 Å². The molecular weight excluding hydrogens is 417 g/mol. The maximum absolute atomic E-state index is 12.8. The van der Waals surface area contributed by atoms with Crippen LogP contribution in [0.25, 0.3) is 0 Å². The number of benzene rings is 1. The van der Waals surface area contributed by atoms with Gasteiger partial charge in [0.2, 0.25) is 11.9 Å². The van der Waals surface area contributed by atoms with E-state index in [9.17, 15) is 28.1 Å². The van der Waals surface area contributed by atoms with Crippen molar-refractivity contribution in [3.8, 4) is 0 Å². The molecule has 1 fully saturated rings. The number of amides is 1. The third kappa shape index (κ3) is 6.03. The molecule has 0 bridgehead atoms. The Balaban J connectivity index is 1.52. The zero-order valence-corrected chi connectivity index (χ0v) is 16.4. The van der Waals surface area contributed by atoms with Gasteiger partial charge in [-0.1, -0.05) is 0 Å². The molecule has 166 valence electrons. The lowest BCUT2D eigenvalue weighted by molar-refractivity contribution is -0.384. The highest BCUT2D eigenvalue weighted by Crippen LogP contribution is 2.34. The maximum Gasteiger partial charge on any atom is 0.416 e. The van der Waals surface area contributed by atoms with Gasteiger partial charge >= 0.3 is 6.18 Å². The molecule has 1 unspecified atom stereocenters. The van der Waals surface area contributed by atoms with Crippen molar-refractivity contribution in [1.29, 1.82) is 0 Å². The minimum atomic E-state index is -4.68. The van der Waals surface area contributed by atoms with Crippen molar-refractivity contribution in [2.24, 2.45) is 0 Å². The monoisotopic (exact) mass is 438 g/mol. The number of anilines is 2. The summed E-state index contributed by atoms with van der Waals surface area (Å²) in [5, 5.41) is 16.7. The Morgan fingerprint density at radius 1 is 1.29 bits per heavy atom. The third-order valence-corrected chi connectivity index (χ3v) is 4.81. The third-order valence-electron chi connectivity index (χ3n) is 4.81. The highest BCUT2D eigenvalue weighted by molar-refractivity contribution is 5.77. The van der Waals surface area contributed by atoms with E-state index in [1.54, 1.807) is 18.5 Å². The SMILES string of the molecule is O=C(CCNc1ccc(C(F)(F)F)cc1[N+](=O)[O-])NC1CCCN(c2ncccn2)C1. The zero-order chi connectivity index (χ0) is 22.4. The summed E-state index contributed by atoms with van der Waals surface area (Å²) < 4.78 is 38.3. The van der Waals surface area contributed by atoms with Crippen LogP contribution in [0.3, 0.4) is 0 Å². The van der Waals surface area contributed by atoms with E-state index >= 15 is 0 Å². The number of carbonyl (C=O) groups is 1. The Bertz CT molecular complexity index is 926. The van der Waals surface area contributed by atoms with Gasteiger partial charge in [0.25, 0.3) is 5.69 Å². The van der Waals surface area contributed by atoms with E-state index in [1.165, 1.54) is 0 Å². The molecule has 1 aromatic heterocycles. The molecule has 0 radical (unpaired) electrons. The topological polar surface area (TPSA) is 113 Å². The van der Waals surface area contributed by atoms with Crippen LogP contribution in [0, 0.1) is 10.1 Å². The molecule has 9 nitrogen and oxygen atoms in total. The van der Waals surface area contributed by atoms with E-state index < -0.39 is 22.4 Å². The summed E-state index contributed by atoms with van der Waals surface area (Å²) >= 11 is 0. The fraction of sp³-hybridized carbons (Fsp3) is 0.421. The molecule has 1 aromatic carbocycles. The molecule has 3 rings (SSSR count). The number of nitrogens with one attached hydrogen (secondary N) is 2.